The molecule has 0 saturated carbocycles. The molecule has 2 amide bonds. The van der Waals surface area contributed by atoms with Gasteiger partial charge in [-0.05, 0) is 18.8 Å². The van der Waals surface area contributed by atoms with Crippen molar-refractivity contribution in [3.8, 4) is 0 Å². The summed E-state index contributed by atoms with van der Waals surface area (Å²) in [5.74, 6) is 1.00. The molecule has 0 bridgehead atoms. The highest BCUT2D eigenvalue weighted by molar-refractivity contribution is 5.77. The molecular weight excluding hydrogens is 216 g/mol. The summed E-state index contributed by atoms with van der Waals surface area (Å²) in [5.41, 5.74) is 0. The summed E-state index contributed by atoms with van der Waals surface area (Å²) < 4.78 is 0. The highest BCUT2D eigenvalue weighted by Crippen LogP contribution is 2.04. The average Bonchev–Trinajstić information content (AvgIpc) is 2.14. The van der Waals surface area contributed by atoms with Crippen molar-refractivity contribution in [2.75, 3.05) is 19.6 Å². The minimum absolute atomic E-state index is 0.0614. The molecule has 0 heterocycles. The molecule has 0 atom stereocenters. The first kappa shape index (κ1) is 15.9. The highest BCUT2D eigenvalue weighted by atomic mass is 16.2. The molecule has 0 radical (unpaired) electrons. The van der Waals surface area contributed by atoms with Crippen LogP contribution in [0.3, 0.4) is 0 Å². The fraction of sp³-hybridized carbons (Fsp3) is 0.846. The lowest BCUT2D eigenvalue weighted by Gasteiger charge is -2.26. The van der Waals surface area contributed by atoms with Gasteiger partial charge in [0.25, 0.3) is 0 Å². The van der Waals surface area contributed by atoms with Crippen molar-refractivity contribution in [1.82, 2.24) is 10.2 Å². The van der Waals surface area contributed by atoms with E-state index in [2.05, 4.69) is 33.0 Å². The minimum atomic E-state index is -0.0614. The number of carbonyl (C=O) groups is 2. The van der Waals surface area contributed by atoms with Gasteiger partial charge < -0.3 is 10.2 Å². The van der Waals surface area contributed by atoms with E-state index in [4.69, 9.17) is 0 Å². The second kappa shape index (κ2) is 8.09. The van der Waals surface area contributed by atoms with Crippen LogP contribution in [0.15, 0.2) is 0 Å². The molecule has 0 rings (SSSR count). The molecule has 4 heteroatoms. The number of nitrogens with one attached hydrogen (secondary N) is 1. The van der Waals surface area contributed by atoms with Gasteiger partial charge in [0.2, 0.25) is 0 Å². The van der Waals surface area contributed by atoms with Crippen molar-refractivity contribution in [3.05, 3.63) is 0 Å². The molecule has 4 nitrogen and oxygen atoms in total. The van der Waals surface area contributed by atoms with E-state index in [0.29, 0.717) is 24.8 Å². The van der Waals surface area contributed by atoms with Crippen LogP contribution in [0.2, 0.25) is 0 Å². The molecular formula is C13H26N2O2. The molecule has 0 aromatic carbocycles. The number of Topliss-reactive ketones (excluding diaryl/α,β-unsaturated/α-hetero) is 1. The van der Waals surface area contributed by atoms with E-state index in [1.165, 1.54) is 6.92 Å². The second-order valence-electron chi connectivity index (χ2n) is 5.38. The molecule has 0 unspecified atom stereocenters. The average molecular weight is 242 g/mol. The Morgan fingerprint density at radius 2 is 1.53 bits per heavy atom. The van der Waals surface area contributed by atoms with Crippen LogP contribution in [0.1, 0.15) is 41.0 Å². The summed E-state index contributed by atoms with van der Waals surface area (Å²) in [4.78, 5) is 24.5. The Balaban J connectivity index is 4.17. The van der Waals surface area contributed by atoms with Gasteiger partial charge in [-0.3, -0.25) is 4.79 Å². The summed E-state index contributed by atoms with van der Waals surface area (Å²) >= 11 is 0. The third-order valence-corrected chi connectivity index (χ3v) is 2.21. The molecule has 0 aliphatic rings. The van der Waals surface area contributed by atoms with Crippen molar-refractivity contribution in [2.45, 2.75) is 41.0 Å². The highest BCUT2D eigenvalue weighted by Gasteiger charge is 2.15. The number of hydrogen-bond acceptors (Lipinski definition) is 2. The standard InChI is InChI=1S/C13H26N2O2/c1-10(2)8-15(9-11(3)4)13(17)14-7-6-12(5)16/h10-11H,6-9H2,1-5H3,(H,14,17). The van der Waals surface area contributed by atoms with Gasteiger partial charge in [0.15, 0.2) is 0 Å². The summed E-state index contributed by atoms with van der Waals surface area (Å²) in [6.45, 7) is 11.8. The van der Waals surface area contributed by atoms with Crippen molar-refractivity contribution in [2.24, 2.45) is 11.8 Å². The number of ketones is 1. The van der Waals surface area contributed by atoms with Crippen molar-refractivity contribution in [1.29, 1.82) is 0 Å². The molecule has 17 heavy (non-hydrogen) atoms. The lowest BCUT2D eigenvalue weighted by atomic mass is 10.1. The van der Waals surface area contributed by atoms with Crippen molar-refractivity contribution in [3.63, 3.8) is 0 Å². The number of rotatable bonds is 7. The first-order chi connectivity index (χ1) is 7.82. The topological polar surface area (TPSA) is 49.4 Å². The van der Waals surface area contributed by atoms with Gasteiger partial charge in [-0.2, -0.15) is 0 Å². The summed E-state index contributed by atoms with van der Waals surface area (Å²) in [7, 11) is 0. The summed E-state index contributed by atoms with van der Waals surface area (Å²) in [5, 5.41) is 2.79. The Labute approximate surface area is 105 Å². The number of urea groups is 1. The molecule has 0 aliphatic heterocycles. The van der Waals surface area contributed by atoms with Crippen molar-refractivity contribution >= 4 is 11.8 Å². The van der Waals surface area contributed by atoms with Crippen LogP contribution in [-0.4, -0.2) is 36.3 Å². The molecule has 1 N–H and O–H groups in total. The van der Waals surface area contributed by atoms with Gasteiger partial charge in [-0.15, -0.1) is 0 Å². The fourth-order valence-corrected chi connectivity index (χ4v) is 1.58. The van der Waals surface area contributed by atoms with Crippen molar-refractivity contribution < 1.29 is 9.59 Å². The molecule has 0 fully saturated rings. The van der Waals surface area contributed by atoms with Crippen LogP contribution in [0.4, 0.5) is 4.79 Å². The van der Waals surface area contributed by atoms with E-state index in [1.54, 1.807) is 0 Å². The third-order valence-electron chi connectivity index (χ3n) is 2.21. The lowest BCUT2D eigenvalue weighted by molar-refractivity contribution is -0.116. The summed E-state index contributed by atoms with van der Waals surface area (Å²) in [6, 6.07) is -0.0614. The Kier molecular flexibility index (Phi) is 7.59. The first-order valence-electron chi connectivity index (χ1n) is 6.35. The van der Waals surface area contributed by atoms with Crippen LogP contribution in [0.5, 0.6) is 0 Å². The third kappa shape index (κ3) is 8.72. The van der Waals surface area contributed by atoms with Crippen LogP contribution in [-0.2, 0) is 4.79 Å². The molecule has 0 aliphatic carbocycles. The zero-order valence-electron chi connectivity index (χ0n) is 11.7. The second-order valence-corrected chi connectivity index (χ2v) is 5.38. The predicted molar refractivity (Wildman–Crippen MR) is 69.9 cm³/mol. The molecule has 0 saturated heterocycles. The number of amides is 2. The number of hydrogen-bond donors (Lipinski definition) is 1. The van der Waals surface area contributed by atoms with Crippen LogP contribution >= 0.6 is 0 Å². The number of nitrogens with zero attached hydrogens (tertiary/aromatic N) is 1. The monoisotopic (exact) mass is 242 g/mol. The maximum absolute atomic E-state index is 11.9. The Hall–Kier alpha value is -1.06. The lowest BCUT2D eigenvalue weighted by Crippen LogP contribution is -2.44. The Morgan fingerprint density at radius 1 is 1.06 bits per heavy atom. The van der Waals surface area contributed by atoms with Gasteiger partial charge >= 0.3 is 6.03 Å². The number of carbonyl (C=O) groups excluding carboxylic acids is 2. The van der Waals surface area contributed by atoms with E-state index in [-0.39, 0.29) is 11.8 Å². The van der Waals surface area contributed by atoms with E-state index in [9.17, 15) is 9.59 Å². The zero-order valence-corrected chi connectivity index (χ0v) is 11.7. The van der Waals surface area contributed by atoms with Crippen LogP contribution < -0.4 is 5.32 Å². The van der Waals surface area contributed by atoms with E-state index in [1.807, 2.05) is 4.90 Å². The molecule has 100 valence electrons. The van der Waals surface area contributed by atoms with E-state index in [0.717, 1.165) is 13.1 Å². The maximum Gasteiger partial charge on any atom is 0.317 e. The smallest absolute Gasteiger partial charge is 0.317 e. The van der Waals surface area contributed by atoms with Crippen LogP contribution in [0.25, 0.3) is 0 Å². The predicted octanol–water partition coefficient (Wildman–Crippen LogP) is 2.29. The van der Waals surface area contributed by atoms with Crippen LogP contribution in [0, 0.1) is 11.8 Å². The largest absolute Gasteiger partial charge is 0.338 e. The Bertz CT molecular complexity index is 240. The van der Waals surface area contributed by atoms with Gasteiger partial charge in [-0.1, -0.05) is 27.7 Å². The fourth-order valence-electron chi connectivity index (χ4n) is 1.58. The van der Waals surface area contributed by atoms with E-state index >= 15 is 0 Å². The molecule has 0 aromatic heterocycles. The normalized spacial score (nSPS) is 10.8. The van der Waals surface area contributed by atoms with Gasteiger partial charge in [0.1, 0.15) is 5.78 Å². The van der Waals surface area contributed by atoms with E-state index < -0.39 is 0 Å². The quantitative estimate of drug-likeness (QED) is 0.744. The van der Waals surface area contributed by atoms with Gasteiger partial charge in [0, 0.05) is 26.1 Å². The van der Waals surface area contributed by atoms with Gasteiger partial charge in [-0.25, -0.2) is 4.79 Å². The Morgan fingerprint density at radius 3 is 1.88 bits per heavy atom. The SMILES string of the molecule is CC(=O)CCNC(=O)N(CC(C)C)CC(C)C. The maximum atomic E-state index is 11.9. The summed E-state index contributed by atoms with van der Waals surface area (Å²) in [6.07, 6.45) is 0.406. The zero-order chi connectivity index (χ0) is 13.4. The molecule has 0 spiro atoms. The molecule has 0 aromatic rings. The van der Waals surface area contributed by atoms with Gasteiger partial charge in [0.05, 0.1) is 0 Å². The minimum Gasteiger partial charge on any atom is -0.338 e. The first-order valence-corrected chi connectivity index (χ1v) is 6.35.